The Labute approximate surface area is 131 Å². The Hall–Kier alpha value is -2.03. The van der Waals surface area contributed by atoms with Gasteiger partial charge in [-0.3, -0.25) is 4.79 Å². The highest BCUT2D eigenvalue weighted by Crippen LogP contribution is 2.26. The van der Waals surface area contributed by atoms with Crippen LogP contribution in [-0.4, -0.2) is 0 Å². The molecule has 1 aromatic heterocycles. The first kappa shape index (κ1) is 13.9. The highest BCUT2D eigenvalue weighted by Gasteiger charge is 2.07. The summed E-state index contributed by atoms with van der Waals surface area (Å²) >= 11 is 11.7. The second-order valence-corrected chi connectivity index (χ2v) is 5.41. The first-order valence-corrected chi connectivity index (χ1v) is 7.04. The number of benzene rings is 2. The Morgan fingerprint density at radius 1 is 0.667 bits per heavy atom. The maximum Gasteiger partial charge on any atom is 0.186 e. The minimum atomic E-state index is -0.115. The highest BCUT2D eigenvalue weighted by molar-refractivity contribution is 6.30. The first-order valence-electron chi connectivity index (χ1n) is 6.29. The fourth-order valence-electron chi connectivity index (χ4n) is 1.99. The summed E-state index contributed by atoms with van der Waals surface area (Å²) in [4.78, 5) is 11.9. The zero-order valence-corrected chi connectivity index (χ0v) is 12.4. The number of hydrogen-bond acceptors (Lipinski definition) is 2. The predicted molar refractivity (Wildman–Crippen MR) is 85.9 cm³/mol. The smallest absolute Gasteiger partial charge is 0.186 e. The van der Waals surface area contributed by atoms with Crippen LogP contribution in [0.5, 0.6) is 0 Å². The van der Waals surface area contributed by atoms with Gasteiger partial charge in [0.2, 0.25) is 0 Å². The van der Waals surface area contributed by atoms with Gasteiger partial charge in [-0.25, -0.2) is 0 Å². The van der Waals surface area contributed by atoms with Gasteiger partial charge in [-0.15, -0.1) is 0 Å². The fraction of sp³-hybridized carbons (Fsp3) is 0. The summed E-state index contributed by atoms with van der Waals surface area (Å²) in [5.41, 5.74) is 1.48. The van der Waals surface area contributed by atoms with Crippen molar-refractivity contribution in [3.8, 4) is 22.6 Å². The zero-order valence-electron chi connectivity index (χ0n) is 10.8. The molecule has 104 valence electrons. The molecule has 21 heavy (non-hydrogen) atoms. The lowest BCUT2D eigenvalue weighted by Gasteiger charge is -2.05. The predicted octanol–water partition coefficient (Wildman–Crippen LogP) is 5.28. The van der Waals surface area contributed by atoms with Gasteiger partial charge in [0.25, 0.3) is 0 Å². The molecule has 0 saturated carbocycles. The lowest BCUT2D eigenvalue weighted by Crippen LogP contribution is -1.98. The van der Waals surface area contributed by atoms with E-state index in [-0.39, 0.29) is 5.43 Å². The normalized spacial score (nSPS) is 10.6. The molecule has 2 nitrogen and oxygen atoms in total. The van der Waals surface area contributed by atoms with Crippen LogP contribution >= 0.6 is 23.2 Å². The van der Waals surface area contributed by atoms with Crippen molar-refractivity contribution in [1.82, 2.24) is 0 Å². The van der Waals surface area contributed by atoms with Crippen molar-refractivity contribution in [2.75, 3.05) is 0 Å². The molecule has 0 amide bonds. The summed E-state index contributed by atoms with van der Waals surface area (Å²) in [6.45, 7) is 0. The van der Waals surface area contributed by atoms with E-state index in [4.69, 9.17) is 27.6 Å². The molecule has 0 fully saturated rings. The van der Waals surface area contributed by atoms with E-state index >= 15 is 0 Å². The summed E-state index contributed by atoms with van der Waals surface area (Å²) in [7, 11) is 0. The minimum absolute atomic E-state index is 0.115. The second kappa shape index (κ2) is 5.76. The molecular formula is C17H10Cl2O2. The average molecular weight is 317 g/mol. The van der Waals surface area contributed by atoms with Crippen LogP contribution in [0.3, 0.4) is 0 Å². The molecule has 0 aliphatic carbocycles. The molecule has 0 spiro atoms. The summed E-state index contributed by atoms with van der Waals surface area (Å²) in [6, 6.07) is 17.2. The molecule has 3 aromatic rings. The van der Waals surface area contributed by atoms with Gasteiger partial charge in [0.1, 0.15) is 11.5 Å². The Bertz CT molecular complexity index is 752. The summed E-state index contributed by atoms with van der Waals surface area (Å²) in [5, 5.41) is 1.27. The van der Waals surface area contributed by atoms with Crippen LogP contribution in [0.1, 0.15) is 0 Å². The van der Waals surface area contributed by atoms with Crippen molar-refractivity contribution in [2.45, 2.75) is 0 Å². The largest absolute Gasteiger partial charge is 0.456 e. The monoisotopic (exact) mass is 316 g/mol. The number of rotatable bonds is 2. The number of halogens is 2. The third-order valence-corrected chi connectivity index (χ3v) is 3.53. The van der Waals surface area contributed by atoms with E-state index in [0.29, 0.717) is 21.6 Å². The van der Waals surface area contributed by atoms with Gasteiger partial charge in [0, 0.05) is 33.3 Å². The van der Waals surface area contributed by atoms with E-state index in [1.54, 1.807) is 24.3 Å². The van der Waals surface area contributed by atoms with Gasteiger partial charge < -0.3 is 4.42 Å². The maximum atomic E-state index is 11.9. The van der Waals surface area contributed by atoms with Gasteiger partial charge in [0.15, 0.2) is 5.43 Å². The third-order valence-electron chi connectivity index (χ3n) is 3.02. The number of hydrogen-bond donors (Lipinski definition) is 0. The van der Waals surface area contributed by atoms with Gasteiger partial charge in [-0.1, -0.05) is 23.2 Å². The van der Waals surface area contributed by atoms with Crippen molar-refractivity contribution in [3.05, 3.63) is 80.9 Å². The molecule has 4 heteroatoms. The molecule has 0 saturated heterocycles. The van der Waals surface area contributed by atoms with E-state index in [9.17, 15) is 4.79 Å². The molecule has 0 radical (unpaired) electrons. The maximum absolute atomic E-state index is 11.9. The molecule has 2 aromatic carbocycles. The SMILES string of the molecule is O=c1cc(-c2ccc(Cl)cc2)oc(-c2ccc(Cl)cc2)c1. The quantitative estimate of drug-likeness (QED) is 0.643. The van der Waals surface area contributed by atoms with E-state index in [0.717, 1.165) is 11.1 Å². The van der Waals surface area contributed by atoms with Crippen LogP contribution < -0.4 is 5.43 Å². The van der Waals surface area contributed by atoms with Gasteiger partial charge in [0.05, 0.1) is 0 Å². The molecular weight excluding hydrogens is 307 g/mol. The summed E-state index contributed by atoms with van der Waals surface area (Å²) in [5.74, 6) is 1.01. The van der Waals surface area contributed by atoms with Crippen LogP contribution in [0.4, 0.5) is 0 Å². The highest BCUT2D eigenvalue weighted by atomic mass is 35.5. The van der Waals surface area contributed by atoms with E-state index in [2.05, 4.69) is 0 Å². The molecule has 0 aliphatic rings. The van der Waals surface area contributed by atoms with Crippen molar-refractivity contribution in [1.29, 1.82) is 0 Å². The van der Waals surface area contributed by atoms with E-state index < -0.39 is 0 Å². The molecule has 0 aliphatic heterocycles. The van der Waals surface area contributed by atoms with Gasteiger partial charge in [-0.05, 0) is 48.5 Å². The van der Waals surface area contributed by atoms with Crippen LogP contribution in [0.2, 0.25) is 10.0 Å². The van der Waals surface area contributed by atoms with E-state index in [1.165, 1.54) is 12.1 Å². The molecule has 0 unspecified atom stereocenters. The van der Waals surface area contributed by atoms with Crippen LogP contribution in [-0.2, 0) is 0 Å². The molecule has 3 rings (SSSR count). The van der Waals surface area contributed by atoms with Crippen molar-refractivity contribution in [2.24, 2.45) is 0 Å². The lowest BCUT2D eigenvalue weighted by molar-refractivity contribution is 0.580. The first-order chi connectivity index (χ1) is 10.1. The fourth-order valence-corrected chi connectivity index (χ4v) is 2.24. The molecule has 1 heterocycles. The topological polar surface area (TPSA) is 30.2 Å². The molecule has 0 bridgehead atoms. The third kappa shape index (κ3) is 3.18. The minimum Gasteiger partial charge on any atom is -0.456 e. The second-order valence-electron chi connectivity index (χ2n) is 4.54. The summed E-state index contributed by atoms with van der Waals surface area (Å²) in [6.07, 6.45) is 0. The Morgan fingerprint density at radius 2 is 1.05 bits per heavy atom. The van der Waals surface area contributed by atoms with E-state index in [1.807, 2.05) is 24.3 Å². The average Bonchev–Trinajstić information content (AvgIpc) is 2.48. The van der Waals surface area contributed by atoms with Crippen LogP contribution in [0.25, 0.3) is 22.6 Å². The van der Waals surface area contributed by atoms with Crippen molar-refractivity contribution in [3.63, 3.8) is 0 Å². The zero-order chi connectivity index (χ0) is 14.8. The Kier molecular flexibility index (Phi) is 3.82. The van der Waals surface area contributed by atoms with Crippen molar-refractivity contribution < 1.29 is 4.42 Å². The molecule has 0 atom stereocenters. The lowest BCUT2D eigenvalue weighted by atomic mass is 10.1. The summed E-state index contributed by atoms with van der Waals surface area (Å²) < 4.78 is 5.82. The standard InChI is InChI=1S/C17H10Cl2O2/c18-13-5-1-11(2-6-13)16-9-15(20)10-17(21-16)12-3-7-14(19)8-4-12/h1-10H. The van der Waals surface area contributed by atoms with Crippen molar-refractivity contribution >= 4 is 23.2 Å². The Morgan fingerprint density at radius 3 is 1.43 bits per heavy atom. The van der Waals surface area contributed by atoms with Crippen LogP contribution in [0.15, 0.2) is 69.9 Å². The van der Waals surface area contributed by atoms with Gasteiger partial charge in [-0.2, -0.15) is 0 Å². The Balaban J connectivity index is 2.10. The van der Waals surface area contributed by atoms with Crippen LogP contribution in [0, 0.1) is 0 Å². The van der Waals surface area contributed by atoms with Gasteiger partial charge >= 0.3 is 0 Å². The molecule has 0 N–H and O–H groups in total.